The van der Waals surface area contributed by atoms with Gasteiger partial charge in [-0.05, 0) is 48.0 Å². The fraction of sp³-hybridized carbons (Fsp3) is 0.136. The number of carboxylic acid groups (broad SMARTS) is 1. The number of rotatable bonds is 8. The van der Waals surface area contributed by atoms with Crippen molar-refractivity contribution in [2.45, 2.75) is 16.2 Å². The molecule has 3 aromatic carbocycles. The van der Waals surface area contributed by atoms with Crippen LogP contribution in [0.15, 0.2) is 77.7 Å². The third kappa shape index (κ3) is 5.22. The molecule has 29 heavy (non-hydrogen) atoms. The molecule has 0 spiro atoms. The number of nitrogen functional groups attached to an aromatic ring is 1. The Morgan fingerprint density at radius 1 is 0.966 bits per heavy atom. The van der Waals surface area contributed by atoms with Crippen molar-refractivity contribution in [3.63, 3.8) is 0 Å². The first-order valence-corrected chi connectivity index (χ1v) is 9.70. The van der Waals surface area contributed by atoms with Crippen molar-refractivity contribution in [2.24, 2.45) is 0 Å². The number of nitrogens with two attached hydrogens (primary N) is 1. The number of aliphatic hydroxyl groups is 1. The molecule has 2 atom stereocenters. The summed E-state index contributed by atoms with van der Waals surface area (Å²) in [5, 5.41) is 18.9. The average molecular weight is 411 g/mol. The maximum Gasteiger partial charge on any atom is 0.334 e. The molecule has 0 saturated heterocycles. The van der Waals surface area contributed by atoms with E-state index in [1.807, 2.05) is 30.3 Å². The molecule has 2 unspecified atom stereocenters. The van der Waals surface area contributed by atoms with Crippen LogP contribution in [0.4, 0.5) is 5.69 Å². The van der Waals surface area contributed by atoms with Gasteiger partial charge in [0, 0.05) is 10.6 Å². The predicted molar refractivity (Wildman–Crippen MR) is 113 cm³/mol. The number of carbonyl (C=O) groups is 1. The van der Waals surface area contributed by atoms with E-state index in [1.54, 1.807) is 49.6 Å². The number of ether oxygens (including phenoxy) is 2. The van der Waals surface area contributed by atoms with Gasteiger partial charge in [0.05, 0.1) is 12.4 Å². The molecule has 3 rings (SSSR count). The highest BCUT2D eigenvalue weighted by atomic mass is 32.2. The molecule has 0 bridgehead atoms. The number of hydrogen-bond donors (Lipinski definition) is 3. The second-order valence-corrected chi connectivity index (χ2v) is 7.39. The Morgan fingerprint density at radius 2 is 1.62 bits per heavy atom. The first-order chi connectivity index (χ1) is 14.0. The van der Waals surface area contributed by atoms with E-state index >= 15 is 0 Å². The zero-order chi connectivity index (χ0) is 20.8. The Morgan fingerprint density at radius 3 is 2.24 bits per heavy atom. The number of para-hydroxylation sites is 1. The molecule has 4 N–H and O–H groups in total. The highest BCUT2D eigenvalue weighted by molar-refractivity contribution is 7.99. The first kappa shape index (κ1) is 20.6. The number of hydrogen-bond acceptors (Lipinski definition) is 6. The molecule has 0 aromatic heterocycles. The highest BCUT2D eigenvalue weighted by Crippen LogP contribution is 2.42. The summed E-state index contributed by atoms with van der Waals surface area (Å²) < 4.78 is 11.0. The summed E-state index contributed by atoms with van der Waals surface area (Å²) in [5.41, 5.74) is 7.21. The van der Waals surface area contributed by atoms with E-state index in [-0.39, 0.29) is 0 Å². The zero-order valence-corrected chi connectivity index (χ0v) is 16.5. The van der Waals surface area contributed by atoms with Crippen LogP contribution in [0, 0.1) is 0 Å². The number of benzene rings is 3. The summed E-state index contributed by atoms with van der Waals surface area (Å²) in [6.07, 6.45) is -1.62. The lowest BCUT2D eigenvalue weighted by Gasteiger charge is -2.21. The molecule has 7 heteroatoms. The van der Waals surface area contributed by atoms with Crippen LogP contribution in [0.25, 0.3) is 0 Å². The normalized spacial score (nSPS) is 12.8. The summed E-state index contributed by atoms with van der Waals surface area (Å²) >= 11 is 1.17. The van der Waals surface area contributed by atoms with Crippen molar-refractivity contribution in [3.05, 3.63) is 78.4 Å². The Balaban J connectivity index is 1.89. The summed E-state index contributed by atoms with van der Waals surface area (Å²) in [4.78, 5) is 12.1. The lowest BCUT2D eigenvalue weighted by Crippen LogP contribution is -2.26. The van der Waals surface area contributed by atoms with Crippen LogP contribution in [-0.2, 0) is 4.79 Å². The molecule has 6 nitrogen and oxygen atoms in total. The molecule has 0 heterocycles. The number of aliphatic carboxylic acids is 1. The van der Waals surface area contributed by atoms with Crippen LogP contribution in [0.5, 0.6) is 17.2 Å². The average Bonchev–Trinajstić information content (AvgIpc) is 2.74. The maximum atomic E-state index is 11.5. The molecular formula is C22H21NO5S. The van der Waals surface area contributed by atoms with Crippen LogP contribution < -0.4 is 15.2 Å². The minimum atomic E-state index is -1.62. The van der Waals surface area contributed by atoms with Gasteiger partial charge in [0.2, 0.25) is 0 Å². The Bertz CT molecular complexity index is 963. The standard InChI is InChI=1S/C22H21NO5S/c1-27-15-9-7-14(8-10-15)21(20(24)22(25)26)29-19-13-17(11-12-18(19)23)28-16-5-3-2-4-6-16/h2-13,20-21,24H,23H2,1H3,(H,25,26). The smallest absolute Gasteiger partial charge is 0.334 e. The van der Waals surface area contributed by atoms with E-state index in [1.165, 1.54) is 11.8 Å². The van der Waals surface area contributed by atoms with E-state index in [9.17, 15) is 15.0 Å². The van der Waals surface area contributed by atoms with Crippen molar-refractivity contribution in [2.75, 3.05) is 12.8 Å². The van der Waals surface area contributed by atoms with E-state index in [4.69, 9.17) is 15.2 Å². The van der Waals surface area contributed by atoms with Gasteiger partial charge in [-0.15, -0.1) is 11.8 Å². The van der Waals surface area contributed by atoms with Crippen LogP contribution in [-0.4, -0.2) is 29.4 Å². The van der Waals surface area contributed by atoms with Crippen LogP contribution in [0.2, 0.25) is 0 Å². The Hall–Kier alpha value is -3.16. The van der Waals surface area contributed by atoms with Crippen molar-refractivity contribution in [3.8, 4) is 17.2 Å². The molecular weight excluding hydrogens is 390 g/mol. The first-order valence-electron chi connectivity index (χ1n) is 8.82. The second kappa shape index (κ2) is 9.36. The van der Waals surface area contributed by atoms with Gasteiger partial charge in [-0.3, -0.25) is 0 Å². The Kier molecular flexibility index (Phi) is 6.64. The van der Waals surface area contributed by atoms with Gasteiger partial charge in [-0.2, -0.15) is 0 Å². The van der Waals surface area contributed by atoms with Crippen molar-refractivity contribution >= 4 is 23.4 Å². The largest absolute Gasteiger partial charge is 0.497 e. The fourth-order valence-corrected chi connectivity index (χ4v) is 3.88. The Labute approximate surface area is 172 Å². The number of methoxy groups -OCH3 is 1. The minimum Gasteiger partial charge on any atom is -0.497 e. The monoisotopic (exact) mass is 411 g/mol. The van der Waals surface area contributed by atoms with Gasteiger partial charge in [-0.25, -0.2) is 4.79 Å². The van der Waals surface area contributed by atoms with Gasteiger partial charge in [-0.1, -0.05) is 30.3 Å². The van der Waals surface area contributed by atoms with Gasteiger partial charge < -0.3 is 25.4 Å². The quantitative estimate of drug-likeness (QED) is 0.374. The van der Waals surface area contributed by atoms with E-state index in [0.29, 0.717) is 33.4 Å². The molecule has 0 radical (unpaired) electrons. The molecule has 0 fully saturated rings. The topological polar surface area (TPSA) is 102 Å². The molecule has 0 aliphatic rings. The number of anilines is 1. The third-order valence-electron chi connectivity index (χ3n) is 4.20. The molecule has 3 aromatic rings. The minimum absolute atomic E-state index is 0.464. The number of carboxylic acids is 1. The molecule has 0 aliphatic heterocycles. The predicted octanol–water partition coefficient (Wildman–Crippen LogP) is 4.35. The van der Waals surface area contributed by atoms with E-state index in [0.717, 1.165) is 0 Å². The molecule has 0 saturated carbocycles. The van der Waals surface area contributed by atoms with Gasteiger partial charge in [0.25, 0.3) is 0 Å². The van der Waals surface area contributed by atoms with Crippen molar-refractivity contribution < 1.29 is 24.5 Å². The summed E-state index contributed by atoms with van der Waals surface area (Å²) in [6.45, 7) is 0. The number of thioether (sulfide) groups is 1. The highest BCUT2D eigenvalue weighted by Gasteiger charge is 2.29. The van der Waals surface area contributed by atoms with Crippen LogP contribution in [0.3, 0.4) is 0 Å². The second-order valence-electron chi connectivity index (χ2n) is 6.21. The van der Waals surface area contributed by atoms with Crippen molar-refractivity contribution in [1.29, 1.82) is 0 Å². The lowest BCUT2D eigenvalue weighted by atomic mass is 10.1. The van der Waals surface area contributed by atoms with Crippen LogP contribution in [0.1, 0.15) is 10.8 Å². The zero-order valence-electron chi connectivity index (χ0n) is 15.7. The summed E-state index contributed by atoms with van der Waals surface area (Å²) in [6, 6.07) is 21.3. The third-order valence-corrected chi connectivity index (χ3v) is 5.59. The number of aliphatic hydroxyl groups excluding tert-OH is 1. The molecule has 0 aliphatic carbocycles. The molecule has 0 amide bonds. The SMILES string of the molecule is COc1ccc(C(Sc2cc(Oc3ccccc3)ccc2N)C(O)C(=O)O)cc1. The van der Waals surface area contributed by atoms with Crippen molar-refractivity contribution in [1.82, 2.24) is 0 Å². The van der Waals surface area contributed by atoms with Gasteiger partial charge in [0.15, 0.2) is 6.10 Å². The van der Waals surface area contributed by atoms with E-state index in [2.05, 4.69) is 0 Å². The van der Waals surface area contributed by atoms with Crippen LogP contribution >= 0.6 is 11.8 Å². The van der Waals surface area contributed by atoms with Gasteiger partial charge in [0.1, 0.15) is 17.2 Å². The fourth-order valence-electron chi connectivity index (χ4n) is 2.68. The van der Waals surface area contributed by atoms with Gasteiger partial charge >= 0.3 is 5.97 Å². The lowest BCUT2D eigenvalue weighted by molar-refractivity contribution is -0.146. The van der Waals surface area contributed by atoms with E-state index < -0.39 is 17.3 Å². The summed E-state index contributed by atoms with van der Waals surface area (Å²) in [7, 11) is 1.55. The molecule has 150 valence electrons. The summed E-state index contributed by atoms with van der Waals surface area (Å²) in [5.74, 6) is 0.561. The maximum absolute atomic E-state index is 11.5.